The summed E-state index contributed by atoms with van der Waals surface area (Å²) in [6.45, 7) is 5.20. The van der Waals surface area contributed by atoms with E-state index in [-0.39, 0.29) is 11.7 Å². The maximum absolute atomic E-state index is 14.4. The van der Waals surface area contributed by atoms with Gasteiger partial charge in [0, 0.05) is 42.8 Å². The van der Waals surface area contributed by atoms with Crippen LogP contribution in [-0.2, 0) is 4.74 Å². The van der Waals surface area contributed by atoms with Crippen molar-refractivity contribution in [2.24, 2.45) is 4.99 Å². The zero-order valence-electron chi connectivity index (χ0n) is 16.2. The summed E-state index contributed by atoms with van der Waals surface area (Å²) in [5, 5.41) is 14.1. The van der Waals surface area contributed by atoms with Crippen molar-refractivity contribution in [1.29, 1.82) is 0 Å². The fraction of sp³-hybridized carbons (Fsp3) is 0.318. The Morgan fingerprint density at radius 3 is 2.86 bits per heavy atom. The van der Waals surface area contributed by atoms with Gasteiger partial charge in [0.25, 0.3) is 0 Å². The number of fused-ring (bicyclic) bond motifs is 1. The predicted molar refractivity (Wildman–Crippen MR) is 114 cm³/mol. The number of ether oxygens (including phenoxy) is 1. The molecule has 29 heavy (non-hydrogen) atoms. The summed E-state index contributed by atoms with van der Waals surface area (Å²) in [5.41, 5.74) is 2.38. The van der Waals surface area contributed by atoms with E-state index >= 15 is 0 Å². The number of nitrogens with zero attached hydrogens (tertiary/aromatic N) is 2. The van der Waals surface area contributed by atoms with Crippen LogP contribution in [-0.4, -0.2) is 60.6 Å². The smallest absolute Gasteiger partial charge is 0.198 e. The van der Waals surface area contributed by atoms with Gasteiger partial charge in [-0.2, -0.15) is 0 Å². The number of H-pyrrole nitrogens is 1. The minimum Gasteiger partial charge on any atom is -0.494 e. The molecule has 6 nitrogen and oxygen atoms in total. The fourth-order valence-corrected chi connectivity index (χ4v) is 3.50. The van der Waals surface area contributed by atoms with Gasteiger partial charge in [0.05, 0.1) is 30.2 Å². The number of halogens is 1. The fourth-order valence-electron chi connectivity index (χ4n) is 3.50. The van der Waals surface area contributed by atoms with Crippen molar-refractivity contribution in [2.45, 2.75) is 6.42 Å². The number of hydrogen-bond acceptors (Lipinski definition) is 5. The maximum Gasteiger partial charge on any atom is 0.198 e. The molecule has 3 N–H and O–H groups in total. The molecule has 7 heteroatoms. The lowest BCUT2D eigenvalue weighted by atomic mass is 10.2. The second kappa shape index (κ2) is 9.07. The lowest BCUT2D eigenvalue weighted by molar-refractivity contribution is 0.0378. The van der Waals surface area contributed by atoms with E-state index in [1.54, 1.807) is 18.3 Å². The molecule has 0 unspecified atom stereocenters. The molecule has 0 bridgehead atoms. The number of benzene rings is 2. The van der Waals surface area contributed by atoms with E-state index in [0.29, 0.717) is 23.5 Å². The van der Waals surface area contributed by atoms with Gasteiger partial charge in [0.2, 0.25) is 0 Å². The largest absolute Gasteiger partial charge is 0.494 e. The molecular formula is C22H25FN4O2. The minimum atomic E-state index is -0.339. The van der Waals surface area contributed by atoms with Crippen LogP contribution in [0, 0.1) is 5.82 Å². The van der Waals surface area contributed by atoms with Crippen LogP contribution >= 0.6 is 0 Å². The van der Waals surface area contributed by atoms with Gasteiger partial charge in [-0.25, -0.2) is 4.39 Å². The Morgan fingerprint density at radius 2 is 2.03 bits per heavy atom. The second-order valence-electron chi connectivity index (χ2n) is 7.09. The third kappa shape index (κ3) is 4.75. The number of anilines is 1. The Kier molecular flexibility index (Phi) is 6.07. The van der Waals surface area contributed by atoms with Crippen molar-refractivity contribution >= 4 is 28.5 Å². The molecule has 2 aromatic carbocycles. The van der Waals surface area contributed by atoms with Crippen molar-refractivity contribution in [1.82, 2.24) is 9.88 Å². The number of aliphatic imine (C=N–C) groups is 1. The average Bonchev–Trinajstić information content (AvgIpc) is 3.06. The summed E-state index contributed by atoms with van der Waals surface area (Å²) < 4.78 is 19.8. The van der Waals surface area contributed by atoms with Crippen LogP contribution in [0.5, 0.6) is 5.88 Å². The van der Waals surface area contributed by atoms with Crippen molar-refractivity contribution in [2.75, 3.05) is 44.7 Å². The summed E-state index contributed by atoms with van der Waals surface area (Å²) >= 11 is 0. The highest BCUT2D eigenvalue weighted by Crippen LogP contribution is 2.27. The van der Waals surface area contributed by atoms with Crippen LogP contribution in [0.15, 0.2) is 47.5 Å². The third-order valence-corrected chi connectivity index (χ3v) is 5.09. The first-order valence-corrected chi connectivity index (χ1v) is 9.88. The van der Waals surface area contributed by atoms with E-state index in [1.807, 2.05) is 24.3 Å². The van der Waals surface area contributed by atoms with Crippen LogP contribution in [0.3, 0.4) is 0 Å². The molecule has 1 saturated heterocycles. The van der Waals surface area contributed by atoms with Crippen LogP contribution in [0.1, 0.15) is 12.0 Å². The number of aromatic amines is 1. The minimum absolute atomic E-state index is 0.0500. The number of morpholine rings is 1. The van der Waals surface area contributed by atoms with Gasteiger partial charge in [-0.15, -0.1) is 0 Å². The number of aromatic nitrogens is 1. The Bertz CT molecular complexity index is 996. The molecule has 0 aliphatic carbocycles. The van der Waals surface area contributed by atoms with Gasteiger partial charge in [-0.1, -0.05) is 18.2 Å². The summed E-state index contributed by atoms with van der Waals surface area (Å²) in [6.07, 6.45) is 2.50. The molecule has 1 aliphatic heterocycles. The summed E-state index contributed by atoms with van der Waals surface area (Å²) in [6, 6.07) is 12.4. The maximum atomic E-state index is 14.4. The van der Waals surface area contributed by atoms with E-state index in [1.165, 1.54) is 6.07 Å². The molecular weight excluding hydrogens is 371 g/mol. The molecule has 4 rings (SSSR count). The predicted octanol–water partition coefficient (Wildman–Crippen LogP) is 3.90. The topological polar surface area (TPSA) is 72.9 Å². The van der Waals surface area contributed by atoms with Crippen molar-refractivity contribution in [3.63, 3.8) is 0 Å². The number of hydrogen-bond donors (Lipinski definition) is 3. The van der Waals surface area contributed by atoms with E-state index in [2.05, 4.69) is 20.2 Å². The van der Waals surface area contributed by atoms with Crippen molar-refractivity contribution in [3.05, 3.63) is 53.8 Å². The first-order chi connectivity index (χ1) is 14.2. The Hall–Kier alpha value is -2.90. The van der Waals surface area contributed by atoms with Gasteiger partial charge in [0.15, 0.2) is 5.88 Å². The molecule has 1 fully saturated rings. The van der Waals surface area contributed by atoms with Gasteiger partial charge in [0.1, 0.15) is 5.82 Å². The SMILES string of the molecule is Oc1[nH]c2ccccc2c1C=Nc1ccc(NCCCN2CCOCC2)c(F)c1. The van der Waals surface area contributed by atoms with Crippen LogP contribution < -0.4 is 5.32 Å². The molecule has 0 saturated carbocycles. The standard InChI is InChI=1S/C22H25FN4O2/c23-19-14-16(25-15-18-17-4-1-2-5-20(17)26-22(18)28)6-7-21(19)24-8-3-9-27-10-12-29-13-11-27/h1-2,4-7,14-15,24,26,28H,3,8-13H2. The first kappa shape index (κ1) is 19.4. The number of nitrogens with one attached hydrogen (secondary N) is 2. The molecule has 0 amide bonds. The zero-order chi connectivity index (χ0) is 20.1. The van der Waals surface area contributed by atoms with E-state index in [4.69, 9.17) is 4.74 Å². The van der Waals surface area contributed by atoms with Gasteiger partial charge >= 0.3 is 0 Å². The Morgan fingerprint density at radius 1 is 1.21 bits per heavy atom. The monoisotopic (exact) mass is 396 g/mol. The van der Waals surface area contributed by atoms with E-state index < -0.39 is 0 Å². The lowest BCUT2D eigenvalue weighted by Crippen LogP contribution is -2.37. The summed E-state index contributed by atoms with van der Waals surface area (Å²) in [5.74, 6) is -0.289. The van der Waals surface area contributed by atoms with E-state index in [9.17, 15) is 9.50 Å². The first-order valence-electron chi connectivity index (χ1n) is 9.88. The zero-order valence-corrected chi connectivity index (χ0v) is 16.2. The molecule has 2 heterocycles. The molecule has 3 aromatic rings. The number of aromatic hydroxyl groups is 1. The van der Waals surface area contributed by atoms with Gasteiger partial charge in [-0.05, 0) is 31.2 Å². The van der Waals surface area contributed by atoms with Crippen molar-refractivity contribution < 1.29 is 14.2 Å². The highest BCUT2D eigenvalue weighted by atomic mass is 19.1. The molecule has 1 aromatic heterocycles. The number of para-hydroxylation sites is 1. The molecule has 1 aliphatic rings. The molecule has 0 spiro atoms. The summed E-state index contributed by atoms with van der Waals surface area (Å²) in [7, 11) is 0. The molecule has 152 valence electrons. The van der Waals surface area contributed by atoms with Gasteiger partial charge in [-0.3, -0.25) is 9.89 Å². The highest BCUT2D eigenvalue weighted by molar-refractivity contribution is 6.02. The quantitative estimate of drug-likeness (QED) is 0.418. The normalized spacial score (nSPS) is 15.3. The summed E-state index contributed by atoms with van der Waals surface area (Å²) in [4.78, 5) is 9.59. The van der Waals surface area contributed by atoms with Crippen LogP contribution in [0.25, 0.3) is 10.9 Å². The Balaban J connectivity index is 1.35. The number of rotatable bonds is 7. The van der Waals surface area contributed by atoms with E-state index in [0.717, 1.165) is 50.2 Å². The van der Waals surface area contributed by atoms with Crippen molar-refractivity contribution in [3.8, 4) is 5.88 Å². The lowest BCUT2D eigenvalue weighted by Gasteiger charge is -2.26. The highest BCUT2D eigenvalue weighted by Gasteiger charge is 2.10. The molecule has 0 radical (unpaired) electrons. The second-order valence-corrected chi connectivity index (χ2v) is 7.09. The third-order valence-electron chi connectivity index (χ3n) is 5.09. The Labute approximate surface area is 169 Å². The molecule has 0 atom stereocenters. The van der Waals surface area contributed by atoms with Crippen LogP contribution in [0.2, 0.25) is 0 Å². The average molecular weight is 396 g/mol. The van der Waals surface area contributed by atoms with Gasteiger partial charge < -0.3 is 20.1 Å². The van der Waals surface area contributed by atoms with Crippen LogP contribution in [0.4, 0.5) is 15.8 Å².